The van der Waals surface area contributed by atoms with Crippen molar-refractivity contribution in [3.8, 4) is 5.75 Å². The lowest BCUT2D eigenvalue weighted by atomic mass is 9.88. The predicted molar refractivity (Wildman–Crippen MR) is 106 cm³/mol. The van der Waals surface area contributed by atoms with Gasteiger partial charge in [-0.1, -0.05) is 49.0 Å². The highest BCUT2D eigenvalue weighted by molar-refractivity contribution is 5.84. The van der Waals surface area contributed by atoms with E-state index >= 15 is 0 Å². The smallest absolute Gasteiger partial charge is 0.231 e. The van der Waals surface area contributed by atoms with Crippen LogP contribution in [0.5, 0.6) is 5.75 Å². The van der Waals surface area contributed by atoms with Crippen LogP contribution in [0.25, 0.3) is 0 Å². The van der Waals surface area contributed by atoms with Crippen molar-refractivity contribution in [2.45, 2.75) is 12.6 Å². The molecule has 3 aromatic rings. The van der Waals surface area contributed by atoms with Gasteiger partial charge >= 0.3 is 0 Å². The molecule has 2 atom stereocenters. The molecule has 2 heterocycles. The van der Waals surface area contributed by atoms with E-state index in [9.17, 15) is 4.79 Å². The van der Waals surface area contributed by atoms with Gasteiger partial charge in [0.25, 0.3) is 0 Å². The molecule has 142 valence electrons. The summed E-state index contributed by atoms with van der Waals surface area (Å²) in [5.74, 6) is 0.594. The normalized spacial score (nSPS) is 18.1. The first-order valence-electron chi connectivity index (χ1n) is 8.98. The van der Waals surface area contributed by atoms with Gasteiger partial charge in [-0.2, -0.15) is 10.1 Å². The first kappa shape index (κ1) is 17.8. The Kier molecular flexibility index (Phi) is 4.80. The molecule has 0 fully saturated rings. The second-order valence-corrected chi connectivity index (χ2v) is 6.58. The fraction of sp³-hybridized carbons (Fsp3) is 0.190. The molecule has 7 nitrogen and oxygen atoms in total. The van der Waals surface area contributed by atoms with E-state index < -0.39 is 5.92 Å². The summed E-state index contributed by atoms with van der Waals surface area (Å²) in [5, 5.41) is 10.5. The molecular formula is C21H21N5O2. The molecule has 1 aliphatic heterocycles. The molecule has 0 saturated heterocycles. The Labute approximate surface area is 163 Å². The van der Waals surface area contributed by atoms with Crippen LogP contribution < -0.4 is 15.4 Å². The van der Waals surface area contributed by atoms with Crippen molar-refractivity contribution in [2.75, 3.05) is 12.4 Å². The van der Waals surface area contributed by atoms with Crippen LogP contribution in [0.4, 0.5) is 5.95 Å². The van der Waals surface area contributed by atoms with Crippen molar-refractivity contribution in [1.29, 1.82) is 0 Å². The Morgan fingerprint density at radius 1 is 1.25 bits per heavy atom. The van der Waals surface area contributed by atoms with Gasteiger partial charge in [-0.05, 0) is 23.3 Å². The number of hydrogen-bond donors (Lipinski definition) is 2. The van der Waals surface area contributed by atoms with Crippen LogP contribution in [0.3, 0.4) is 0 Å². The van der Waals surface area contributed by atoms with Crippen molar-refractivity contribution in [3.63, 3.8) is 0 Å². The number of nitrogens with one attached hydrogen (secondary N) is 2. The van der Waals surface area contributed by atoms with Gasteiger partial charge < -0.3 is 15.4 Å². The first-order valence-corrected chi connectivity index (χ1v) is 8.98. The van der Waals surface area contributed by atoms with Gasteiger partial charge in [-0.3, -0.25) is 4.79 Å². The molecule has 0 unspecified atom stereocenters. The topological polar surface area (TPSA) is 81.1 Å². The third-order valence-corrected chi connectivity index (χ3v) is 4.83. The maximum absolute atomic E-state index is 13.1. The monoisotopic (exact) mass is 375 g/mol. The van der Waals surface area contributed by atoms with E-state index in [4.69, 9.17) is 4.74 Å². The number of carbonyl (C=O) groups is 1. The number of methoxy groups -OCH3 is 1. The van der Waals surface area contributed by atoms with E-state index in [0.29, 0.717) is 23.9 Å². The Bertz CT molecular complexity index is 999. The van der Waals surface area contributed by atoms with Gasteiger partial charge in [-0.25, -0.2) is 4.68 Å². The molecule has 7 heteroatoms. The number of carbonyl (C=O) groups excluding carboxylic acids is 1. The summed E-state index contributed by atoms with van der Waals surface area (Å²) in [6.07, 6.45) is 1.47. The Hall–Kier alpha value is -3.61. The molecule has 0 radical (unpaired) electrons. The van der Waals surface area contributed by atoms with E-state index in [1.165, 1.54) is 6.33 Å². The third-order valence-electron chi connectivity index (χ3n) is 4.83. The van der Waals surface area contributed by atoms with Crippen molar-refractivity contribution >= 4 is 11.9 Å². The highest BCUT2D eigenvalue weighted by Crippen LogP contribution is 2.38. The molecule has 4 rings (SSSR count). The lowest BCUT2D eigenvalue weighted by molar-refractivity contribution is -0.125. The van der Waals surface area contributed by atoms with Gasteiger partial charge in [0.15, 0.2) is 0 Å². The molecule has 1 amide bonds. The predicted octanol–water partition coefficient (Wildman–Crippen LogP) is 2.75. The summed E-state index contributed by atoms with van der Waals surface area (Å²) < 4.78 is 7.08. The van der Waals surface area contributed by atoms with Gasteiger partial charge in [0.1, 0.15) is 18.0 Å². The molecule has 2 N–H and O–H groups in total. The number of benzene rings is 2. The van der Waals surface area contributed by atoms with Crippen molar-refractivity contribution in [3.05, 3.63) is 84.3 Å². The molecule has 0 saturated carbocycles. The van der Waals surface area contributed by atoms with Crippen LogP contribution in [-0.2, 0) is 11.3 Å². The molecule has 0 bridgehead atoms. The largest absolute Gasteiger partial charge is 0.497 e. The Morgan fingerprint density at radius 3 is 2.86 bits per heavy atom. The van der Waals surface area contributed by atoms with Crippen LogP contribution in [0.1, 0.15) is 17.2 Å². The SMILES string of the molecule is C=C1Nc2ncnn2[C@@H](c2cccc(OC)c2)[C@@H]1C(=O)NCc1ccccc1. The Morgan fingerprint density at radius 2 is 2.07 bits per heavy atom. The van der Waals surface area contributed by atoms with Crippen LogP contribution in [-0.4, -0.2) is 27.8 Å². The van der Waals surface area contributed by atoms with Crippen molar-refractivity contribution < 1.29 is 9.53 Å². The number of anilines is 1. The number of hydrogen-bond acceptors (Lipinski definition) is 5. The zero-order valence-corrected chi connectivity index (χ0v) is 15.5. The highest BCUT2D eigenvalue weighted by Gasteiger charge is 2.39. The summed E-state index contributed by atoms with van der Waals surface area (Å²) in [4.78, 5) is 17.4. The third kappa shape index (κ3) is 3.34. The van der Waals surface area contributed by atoms with Crippen LogP contribution >= 0.6 is 0 Å². The first-order chi connectivity index (χ1) is 13.7. The van der Waals surface area contributed by atoms with E-state index in [0.717, 1.165) is 11.1 Å². The van der Waals surface area contributed by atoms with Crippen molar-refractivity contribution in [1.82, 2.24) is 20.1 Å². The number of aromatic nitrogens is 3. The second-order valence-electron chi connectivity index (χ2n) is 6.58. The standard InChI is InChI=1S/C21H21N5O2/c1-14-18(20(27)22-12-15-7-4-3-5-8-15)19(26-21(25-14)23-13-24-26)16-9-6-10-17(11-16)28-2/h3-11,13,18-19H,1,12H2,2H3,(H,22,27)(H,23,24,25)/t18-,19+/m1/s1. The summed E-state index contributed by atoms with van der Waals surface area (Å²) in [5.41, 5.74) is 2.51. The molecule has 1 aliphatic rings. The molecule has 0 aliphatic carbocycles. The number of nitrogens with zero attached hydrogens (tertiary/aromatic N) is 3. The summed E-state index contributed by atoms with van der Waals surface area (Å²) in [7, 11) is 1.62. The lowest BCUT2D eigenvalue weighted by Crippen LogP contribution is -2.42. The molecule has 1 aromatic heterocycles. The minimum absolute atomic E-state index is 0.129. The molecule has 28 heavy (non-hydrogen) atoms. The maximum atomic E-state index is 13.1. The summed E-state index contributed by atoms with van der Waals surface area (Å²) in [6, 6.07) is 17.0. The van der Waals surface area contributed by atoms with Crippen molar-refractivity contribution in [2.24, 2.45) is 5.92 Å². The van der Waals surface area contributed by atoms with Gasteiger partial charge in [0.2, 0.25) is 11.9 Å². The second kappa shape index (κ2) is 7.56. The van der Waals surface area contributed by atoms with E-state index in [-0.39, 0.29) is 11.9 Å². The van der Waals surface area contributed by atoms with E-state index in [2.05, 4.69) is 27.3 Å². The zero-order chi connectivity index (χ0) is 19.5. The van der Waals surface area contributed by atoms with Crippen LogP contribution in [0.2, 0.25) is 0 Å². The lowest BCUT2D eigenvalue weighted by Gasteiger charge is -2.33. The summed E-state index contributed by atoms with van der Waals surface area (Å²) in [6.45, 7) is 4.53. The average molecular weight is 375 g/mol. The average Bonchev–Trinajstić information content (AvgIpc) is 3.19. The molecular weight excluding hydrogens is 354 g/mol. The fourth-order valence-corrected chi connectivity index (χ4v) is 3.45. The fourth-order valence-electron chi connectivity index (χ4n) is 3.45. The number of rotatable bonds is 5. The molecule has 0 spiro atoms. The van der Waals surface area contributed by atoms with Gasteiger partial charge in [0, 0.05) is 12.2 Å². The zero-order valence-electron chi connectivity index (χ0n) is 15.5. The van der Waals surface area contributed by atoms with E-state index in [1.807, 2.05) is 54.6 Å². The summed E-state index contributed by atoms with van der Waals surface area (Å²) >= 11 is 0. The van der Waals surface area contributed by atoms with E-state index in [1.54, 1.807) is 11.8 Å². The molecule has 2 aromatic carbocycles. The maximum Gasteiger partial charge on any atom is 0.231 e. The quantitative estimate of drug-likeness (QED) is 0.717. The minimum Gasteiger partial charge on any atom is -0.497 e. The number of fused-ring (bicyclic) bond motifs is 1. The van der Waals surface area contributed by atoms with Crippen LogP contribution in [0, 0.1) is 5.92 Å². The van der Waals surface area contributed by atoms with Gasteiger partial charge in [-0.15, -0.1) is 0 Å². The Balaban J connectivity index is 1.67. The minimum atomic E-state index is -0.551. The number of ether oxygens (including phenoxy) is 1. The van der Waals surface area contributed by atoms with Crippen LogP contribution in [0.15, 0.2) is 73.2 Å². The van der Waals surface area contributed by atoms with Gasteiger partial charge in [0.05, 0.1) is 13.2 Å². The number of amides is 1. The highest BCUT2D eigenvalue weighted by atomic mass is 16.5.